The first kappa shape index (κ1) is 17.7. The Morgan fingerprint density at radius 2 is 2.04 bits per heavy atom. The minimum atomic E-state index is -0.200. The Bertz CT molecular complexity index is 967. The molecule has 3 aromatic rings. The molecule has 1 amide bonds. The standard InChI is InChI=1S/C20H21N3O3/c1-3-23(20(25)18-7-5-6-10-21-18)13-15-11-14-12-16(26-4-2)8-9-17(14)22-19(15)24/h5-12H,3-4,13H2,1-2H3,(H,22,24). The number of aromatic amines is 1. The Kier molecular flexibility index (Phi) is 5.31. The average molecular weight is 351 g/mol. The average Bonchev–Trinajstić information content (AvgIpc) is 2.67. The van der Waals surface area contributed by atoms with Gasteiger partial charge in [0.05, 0.1) is 13.2 Å². The third kappa shape index (κ3) is 3.74. The van der Waals surface area contributed by atoms with Crippen molar-refractivity contribution in [3.63, 3.8) is 0 Å². The molecular weight excluding hydrogens is 330 g/mol. The maximum Gasteiger partial charge on any atom is 0.272 e. The van der Waals surface area contributed by atoms with Crippen LogP contribution in [-0.2, 0) is 6.54 Å². The smallest absolute Gasteiger partial charge is 0.272 e. The lowest BCUT2D eigenvalue weighted by Gasteiger charge is -2.20. The quantitative estimate of drug-likeness (QED) is 0.741. The van der Waals surface area contributed by atoms with E-state index in [1.807, 2.05) is 38.1 Å². The van der Waals surface area contributed by atoms with E-state index < -0.39 is 0 Å². The first-order valence-electron chi connectivity index (χ1n) is 8.61. The van der Waals surface area contributed by atoms with Gasteiger partial charge in [0, 0.05) is 29.2 Å². The number of rotatable bonds is 6. The van der Waals surface area contributed by atoms with Gasteiger partial charge in [-0.1, -0.05) is 6.07 Å². The highest BCUT2D eigenvalue weighted by Gasteiger charge is 2.17. The van der Waals surface area contributed by atoms with Gasteiger partial charge in [0.1, 0.15) is 11.4 Å². The first-order chi connectivity index (χ1) is 12.6. The number of nitrogens with one attached hydrogen (secondary N) is 1. The number of hydrogen-bond donors (Lipinski definition) is 1. The Labute approximate surface area is 151 Å². The van der Waals surface area contributed by atoms with E-state index in [1.165, 1.54) is 0 Å². The molecule has 0 radical (unpaired) electrons. The van der Waals surface area contributed by atoms with Crippen molar-refractivity contribution < 1.29 is 9.53 Å². The van der Waals surface area contributed by atoms with Crippen molar-refractivity contribution in [2.75, 3.05) is 13.2 Å². The van der Waals surface area contributed by atoms with Gasteiger partial charge >= 0.3 is 0 Å². The number of amides is 1. The number of aromatic nitrogens is 2. The number of H-pyrrole nitrogens is 1. The molecular formula is C20H21N3O3. The van der Waals surface area contributed by atoms with Crippen LogP contribution in [0.25, 0.3) is 10.9 Å². The molecule has 2 aromatic heterocycles. The Morgan fingerprint density at radius 1 is 1.19 bits per heavy atom. The van der Waals surface area contributed by atoms with Gasteiger partial charge in [0.2, 0.25) is 0 Å². The van der Waals surface area contributed by atoms with Crippen molar-refractivity contribution in [2.24, 2.45) is 0 Å². The summed E-state index contributed by atoms with van der Waals surface area (Å²) in [6.45, 7) is 5.07. The molecule has 0 spiro atoms. The van der Waals surface area contributed by atoms with E-state index in [1.54, 1.807) is 29.3 Å². The summed E-state index contributed by atoms with van der Waals surface area (Å²) in [5.74, 6) is 0.547. The molecule has 1 aromatic carbocycles. The highest BCUT2D eigenvalue weighted by Crippen LogP contribution is 2.20. The molecule has 0 saturated carbocycles. The van der Waals surface area contributed by atoms with Crippen molar-refractivity contribution in [1.29, 1.82) is 0 Å². The van der Waals surface area contributed by atoms with Crippen LogP contribution in [0.4, 0.5) is 0 Å². The lowest BCUT2D eigenvalue weighted by atomic mass is 10.1. The molecule has 0 fully saturated rings. The minimum absolute atomic E-state index is 0.198. The molecule has 0 saturated heterocycles. The van der Waals surface area contributed by atoms with Crippen LogP contribution in [-0.4, -0.2) is 33.9 Å². The van der Waals surface area contributed by atoms with E-state index in [2.05, 4.69) is 9.97 Å². The van der Waals surface area contributed by atoms with E-state index >= 15 is 0 Å². The number of hydrogen-bond acceptors (Lipinski definition) is 4. The van der Waals surface area contributed by atoms with Crippen LogP contribution in [0.1, 0.15) is 29.9 Å². The molecule has 0 aliphatic rings. The number of fused-ring (bicyclic) bond motifs is 1. The molecule has 26 heavy (non-hydrogen) atoms. The third-order valence-corrected chi connectivity index (χ3v) is 4.12. The molecule has 0 bridgehead atoms. The van der Waals surface area contributed by atoms with Crippen LogP contribution >= 0.6 is 0 Å². The SMILES string of the molecule is CCOc1ccc2[nH]c(=O)c(CN(CC)C(=O)c3ccccn3)cc2c1. The molecule has 0 aliphatic heterocycles. The molecule has 0 aliphatic carbocycles. The second-order valence-corrected chi connectivity index (χ2v) is 5.84. The molecule has 1 N–H and O–H groups in total. The minimum Gasteiger partial charge on any atom is -0.494 e. The molecule has 6 nitrogen and oxygen atoms in total. The maximum absolute atomic E-state index is 12.6. The Balaban J connectivity index is 1.92. The summed E-state index contributed by atoms with van der Waals surface area (Å²) in [4.78, 5) is 33.6. The van der Waals surface area contributed by atoms with Crippen molar-refractivity contribution in [3.8, 4) is 5.75 Å². The van der Waals surface area contributed by atoms with Gasteiger partial charge in [-0.3, -0.25) is 14.6 Å². The van der Waals surface area contributed by atoms with E-state index in [9.17, 15) is 9.59 Å². The summed E-state index contributed by atoms with van der Waals surface area (Å²) >= 11 is 0. The topological polar surface area (TPSA) is 75.3 Å². The zero-order chi connectivity index (χ0) is 18.5. The van der Waals surface area contributed by atoms with Crippen molar-refractivity contribution in [3.05, 3.63) is 70.3 Å². The monoisotopic (exact) mass is 351 g/mol. The Hall–Kier alpha value is -3.15. The predicted octanol–water partition coefficient (Wildman–Crippen LogP) is 2.98. The second-order valence-electron chi connectivity index (χ2n) is 5.84. The first-order valence-corrected chi connectivity index (χ1v) is 8.61. The number of nitrogens with zero attached hydrogens (tertiary/aromatic N) is 2. The summed E-state index contributed by atoms with van der Waals surface area (Å²) in [6.07, 6.45) is 1.58. The molecule has 0 atom stereocenters. The van der Waals surface area contributed by atoms with Crippen LogP contribution in [0.15, 0.2) is 53.5 Å². The molecule has 134 valence electrons. The third-order valence-electron chi connectivity index (χ3n) is 4.12. The number of benzene rings is 1. The zero-order valence-corrected chi connectivity index (χ0v) is 14.9. The molecule has 0 unspecified atom stereocenters. The summed E-state index contributed by atoms with van der Waals surface area (Å²) in [6, 6.07) is 12.5. The van der Waals surface area contributed by atoms with E-state index in [-0.39, 0.29) is 18.0 Å². The molecule has 6 heteroatoms. The van der Waals surface area contributed by atoms with E-state index in [4.69, 9.17) is 4.74 Å². The second kappa shape index (κ2) is 7.82. The number of ether oxygens (including phenoxy) is 1. The lowest BCUT2D eigenvalue weighted by Crippen LogP contribution is -2.33. The van der Waals surface area contributed by atoms with Gasteiger partial charge in [-0.2, -0.15) is 0 Å². The summed E-state index contributed by atoms with van der Waals surface area (Å²) < 4.78 is 5.52. The van der Waals surface area contributed by atoms with E-state index in [0.717, 1.165) is 16.7 Å². The van der Waals surface area contributed by atoms with Crippen LogP contribution in [0.3, 0.4) is 0 Å². The number of carbonyl (C=O) groups excluding carboxylic acids is 1. The fraction of sp³-hybridized carbons (Fsp3) is 0.250. The molecule has 2 heterocycles. The van der Waals surface area contributed by atoms with Crippen LogP contribution in [0.2, 0.25) is 0 Å². The highest BCUT2D eigenvalue weighted by molar-refractivity contribution is 5.92. The Morgan fingerprint density at radius 3 is 2.73 bits per heavy atom. The summed E-state index contributed by atoms with van der Waals surface area (Å²) in [5, 5.41) is 0.867. The van der Waals surface area contributed by atoms with Crippen molar-refractivity contribution in [2.45, 2.75) is 20.4 Å². The summed E-state index contributed by atoms with van der Waals surface area (Å²) in [5.41, 5.74) is 1.43. The van der Waals surface area contributed by atoms with E-state index in [0.29, 0.717) is 24.4 Å². The van der Waals surface area contributed by atoms with Crippen molar-refractivity contribution >= 4 is 16.8 Å². The summed E-state index contributed by atoms with van der Waals surface area (Å²) in [7, 11) is 0. The number of carbonyl (C=O) groups is 1. The predicted molar refractivity (Wildman–Crippen MR) is 100 cm³/mol. The van der Waals surface area contributed by atoms with Gasteiger partial charge in [-0.05, 0) is 50.2 Å². The zero-order valence-electron chi connectivity index (χ0n) is 14.9. The number of pyridine rings is 2. The van der Waals surface area contributed by atoms with Crippen molar-refractivity contribution in [1.82, 2.24) is 14.9 Å². The maximum atomic E-state index is 12.6. The lowest BCUT2D eigenvalue weighted by molar-refractivity contribution is 0.0746. The van der Waals surface area contributed by atoms with Crippen LogP contribution in [0.5, 0.6) is 5.75 Å². The largest absolute Gasteiger partial charge is 0.494 e. The molecule has 3 rings (SSSR count). The van der Waals surface area contributed by atoms with Crippen LogP contribution < -0.4 is 10.3 Å². The fourth-order valence-electron chi connectivity index (χ4n) is 2.79. The fourth-order valence-corrected chi connectivity index (χ4v) is 2.79. The van der Waals surface area contributed by atoms with Gasteiger partial charge in [0.25, 0.3) is 11.5 Å². The highest BCUT2D eigenvalue weighted by atomic mass is 16.5. The van der Waals surface area contributed by atoms with Gasteiger partial charge in [-0.15, -0.1) is 0 Å². The van der Waals surface area contributed by atoms with Crippen LogP contribution in [0, 0.1) is 0 Å². The normalized spacial score (nSPS) is 10.7. The van der Waals surface area contributed by atoms with Gasteiger partial charge < -0.3 is 14.6 Å². The van der Waals surface area contributed by atoms with Gasteiger partial charge in [0.15, 0.2) is 0 Å². The van der Waals surface area contributed by atoms with Gasteiger partial charge in [-0.25, -0.2) is 0 Å².